The quantitative estimate of drug-likeness (QED) is 0.426. The first-order chi connectivity index (χ1) is 16.0. The minimum absolute atomic E-state index is 0.0349. The molecule has 0 saturated carbocycles. The number of halogens is 3. The molecule has 1 atom stereocenters. The van der Waals surface area contributed by atoms with E-state index in [1.54, 1.807) is 24.3 Å². The maximum atomic E-state index is 13.1. The van der Waals surface area contributed by atoms with Crippen molar-refractivity contribution in [2.24, 2.45) is 0 Å². The van der Waals surface area contributed by atoms with Crippen LogP contribution in [0.15, 0.2) is 48.5 Å². The summed E-state index contributed by atoms with van der Waals surface area (Å²) in [5, 5.41) is 4.93. The van der Waals surface area contributed by atoms with Crippen LogP contribution in [0.2, 0.25) is 0 Å². The van der Waals surface area contributed by atoms with Gasteiger partial charge < -0.3 is 20.1 Å². The van der Waals surface area contributed by atoms with Crippen molar-refractivity contribution in [3.8, 4) is 11.5 Å². The first-order valence-corrected chi connectivity index (χ1v) is 10.5. The van der Waals surface area contributed by atoms with Gasteiger partial charge in [-0.1, -0.05) is 12.1 Å². The maximum Gasteiger partial charge on any atom is 0.416 e. The Hall–Kier alpha value is -3.76. The minimum Gasteiger partial charge on any atom is -0.494 e. The Morgan fingerprint density at radius 2 is 1.74 bits per heavy atom. The molecule has 2 aromatic carbocycles. The lowest BCUT2D eigenvalue weighted by atomic mass is 9.90. The standard InChI is InChI=1S/C23H24F3N3O5/c1-3-33-17-7-9-18(10-8-17)34-12-11-27-19(30)14-29-20(31)22(2,28-21(29)32)15-5-4-6-16(13-15)23(24,25)26/h4-10,13H,3,11-12,14H2,1-2H3,(H,27,30)(H,28,32). The molecule has 1 heterocycles. The van der Waals surface area contributed by atoms with Crippen LogP contribution in [0.4, 0.5) is 18.0 Å². The number of carbonyl (C=O) groups excluding carboxylic acids is 3. The van der Waals surface area contributed by atoms with E-state index in [2.05, 4.69) is 10.6 Å². The second-order valence-electron chi connectivity index (χ2n) is 7.63. The fourth-order valence-electron chi connectivity index (χ4n) is 3.40. The van der Waals surface area contributed by atoms with Gasteiger partial charge in [-0.2, -0.15) is 13.2 Å². The van der Waals surface area contributed by atoms with Crippen molar-refractivity contribution in [1.82, 2.24) is 15.5 Å². The zero-order valence-corrected chi connectivity index (χ0v) is 18.6. The summed E-state index contributed by atoms with van der Waals surface area (Å²) in [7, 11) is 0. The summed E-state index contributed by atoms with van der Waals surface area (Å²) in [4.78, 5) is 38.1. The van der Waals surface area contributed by atoms with Gasteiger partial charge in [0.15, 0.2) is 0 Å². The van der Waals surface area contributed by atoms with Gasteiger partial charge in [-0.15, -0.1) is 0 Å². The number of urea groups is 1. The molecular formula is C23H24F3N3O5. The van der Waals surface area contributed by atoms with E-state index in [0.717, 1.165) is 18.2 Å². The summed E-state index contributed by atoms with van der Waals surface area (Å²) in [6.07, 6.45) is -4.61. The highest BCUT2D eigenvalue weighted by molar-refractivity contribution is 6.09. The molecule has 0 radical (unpaired) electrons. The van der Waals surface area contributed by atoms with Crippen molar-refractivity contribution in [1.29, 1.82) is 0 Å². The fraction of sp³-hybridized carbons (Fsp3) is 0.348. The number of nitrogens with one attached hydrogen (secondary N) is 2. The van der Waals surface area contributed by atoms with E-state index in [1.807, 2.05) is 6.92 Å². The molecule has 1 aliphatic heterocycles. The highest BCUT2D eigenvalue weighted by Gasteiger charge is 2.50. The number of hydrogen-bond acceptors (Lipinski definition) is 5. The molecule has 1 saturated heterocycles. The van der Waals surface area contributed by atoms with Gasteiger partial charge in [0.2, 0.25) is 5.91 Å². The number of benzene rings is 2. The third-order valence-corrected chi connectivity index (χ3v) is 5.17. The molecule has 0 aliphatic carbocycles. The van der Waals surface area contributed by atoms with E-state index < -0.39 is 41.7 Å². The summed E-state index contributed by atoms with van der Waals surface area (Å²) in [6, 6.07) is 10.2. The molecule has 34 heavy (non-hydrogen) atoms. The molecule has 11 heteroatoms. The van der Waals surface area contributed by atoms with Gasteiger partial charge in [-0.05, 0) is 55.8 Å². The normalized spacial score (nSPS) is 18.0. The Labute approximate surface area is 194 Å². The van der Waals surface area contributed by atoms with Crippen molar-refractivity contribution in [3.05, 3.63) is 59.7 Å². The molecule has 2 aromatic rings. The summed E-state index contributed by atoms with van der Waals surface area (Å²) < 4.78 is 50.0. The van der Waals surface area contributed by atoms with Crippen molar-refractivity contribution < 1.29 is 37.0 Å². The Morgan fingerprint density at radius 3 is 2.35 bits per heavy atom. The Balaban J connectivity index is 1.54. The lowest BCUT2D eigenvalue weighted by molar-refractivity contribution is -0.138. The summed E-state index contributed by atoms with van der Waals surface area (Å²) in [5.41, 5.74) is -2.71. The predicted octanol–water partition coefficient (Wildman–Crippen LogP) is 3.07. The highest BCUT2D eigenvalue weighted by atomic mass is 19.4. The zero-order chi connectivity index (χ0) is 24.9. The minimum atomic E-state index is -4.61. The largest absolute Gasteiger partial charge is 0.494 e. The molecule has 182 valence electrons. The molecule has 4 amide bonds. The van der Waals surface area contributed by atoms with Gasteiger partial charge in [0.25, 0.3) is 5.91 Å². The van der Waals surface area contributed by atoms with E-state index in [4.69, 9.17) is 9.47 Å². The Kier molecular flexibility index (Phi) is 7.33. The molecule has 0 spiro atoms. The van der Waals surface area contributed by atoms with Gasteiger partial charge in [-0.3, -0.25) is 14.5 Å². The van der Waals surface area contributed by atoms with E-state index in [0.29, 0.717) is 23.0 Å². The van der Waals surface area contributed by atoms with Crippen molar-refractivity contribution in [2.75, 3.05) is 26.3 Å². The van der Waals surface area contributed by atoms with E-state index in [9.17, 15) is 27.6 Å². The Bertz CT molecular complexity index is 1060. The zero-order valence-electron chi connectivity index (χ0n) is 18.6. The summed E-state index contributed by atoms with van der Waals surface area (Å²) in [6.45, 7) is 3.39. The molecule has 0 aromatic heterocycles. The van der Waals surface area contributed by atoms with Crippen LogP contribution in [-0.2, 0) is 21.3 Å². The smallest absolute Gasteiger partial charge is 0.416 e. The SMILES string of the molecule is CCOc1ccc(OCCNC(=O)CN2C(=O)NC(C)(c3cccc(C(F)(F)F)c3)C2=O)cc1. The van der Waals surface area contributed by atoms with Gasteiger partial charge in [0, 0.05) is 0 Å². The number of carbonyl (C=O) groups is 3. The molecule has 1 aliphatic rings. The highest BCUT2D eigenvalue weighted by Crippen LogP contribution is 2.34. The average Bonchev–Trinajstić information content (AvgIpc) is 3.01. The van der Waals surface area contributed by atoms with Gasteiger partial charge in [0.1, 0.15) is 30.2 Å². The molecule has 3 rings (SSSR count). The van der Waals surface area contributed by atoms with Crippen LogP contribution in [0, 0.1) is 0 Å². The van der Waals surface area contributed by atoms with Gasteiger partial charge >= 0.3 is 12.2 Å². The first-order valence-electron chi connectivity index (χ1n) is 10.5. The number of nitrogens with zero attached hydrogens (tertiary/aromatic N) is 1. The number of amides is 4. The number of imide groups is 1. The second-order valence-corrected chi connectivity index (χ2v) is 7.63. The van der Waals surface area contributed by atoms with Gasteiger partial charge in [-0.25, -0.2) is 4.79 Å². The third kappa shape index (κ3) is 5.59. The summed E-state index contributed by atoms with van der Waals surface area (Å²) in [5.74, 6) is -0.165. The van der Waals surface area contributed by atoms with Crippen LogP contribution >= 0.6 is 0 Å². The van der Waals surface area contributed by atoms with E-state index in [-0.39, 0.29) is 18.7 Å². The van der Waals surface area contributed by atoms with Crippen molar-refractivity contribution in [2.45, 2.75) is 25.6 Å². The van der Waals surface area contributed by atoms with E-state index in [1.165, 1.54) is 13.0 Å². The van der Waals surface area contributed by atoms with Crippen molar-refractivity contribution >= 4 is 17.8 Å². The molecule has 1 fully saturated rings. The van der Waals surface area contributed by atoms with Crippen LogP contribution in [0.1, 0.15) is 25.0 Å². The molecule has 1 unspecified atom stereocenters. The lowest BCUT2D eigenvalue weighted by Crippen LogP contribution is -2.43. The fourth-order valence-corrected chi connectivity index (χ4v) is 3.40. The number of ether oxygens (including phenoxy) is 2. The number of rotatable bonds is 9. The summed E-state index contributed by atoms with van der Waals surface area (Å²) >= 11 is 0. The third-order valence-electron chi connectivity index (χ3n) is 5.17. The molecule has 2 N–H and O–H groups in total. The van der Waals surface area contributed by atoms with Gasteiger partial charge in [0.05, 0.1) is 18.7 Å². The second kappa shape index (κ2) is 10.0. The van der Waals surface area contributed by atoms with Crippen LogP contribution < -0.4 is 20.1 Å². The number of hydrogen-bond donors (Lipinski definition) is 2. The van der Waals surface area contributed by atoms with E-state index >= 15 is 0 Å². The number of alkyl halides is 3. The van der Waals surface area contributed by atoms with Crippen LogP contribution in [0.25, 0.3) is 0 Å². The maximum absolute atomic E-state index is 13.1. The van der Waals surface area contributed by atoms with Crippen LogP contribution in [0.5, 0.6) is 11.5 Å². The lowest BCUT2D eigenvalue weighted by Gasteiger charge is -2.23. The van der Waals surface area contributed by atoms with Crippen LogP contribution in [0.3, 0.4) is 0 Å². The average molecular weight is 479 g/mol. The monoisotopic (exact) mass is 479 g/mol. The molecular weight excluding hydrogens is 455 g/mol. The topological polar surface area (TPSA) is 97.0 Å². The molecule has 8 nitrogen and oxygen atoms in total. The van der Waals surface area contributed by atoms with Crippen molar-refractivity contribution in [3.63, 3.8) is 0 Å². The van der Waals surface area contributed by atoms with Crippen LogP contribution in [-0.4, -0.2) is 49.0 Å². The predicted molar refractivity (Wildman–Crippen MR) is 115 cm³/mol. The first kappa shape index (κ1) is 24.9. The Morgan fingerprint density at radius 1 is 1.09 bits per heavy atom. The molecule has 0 bridgehead atoms.